The number of phosphoric ester groups is 3. The third-order valence-electron chi connectivity index (χ3n) is 9.94. The number of aliphatic hydroxyl groups is 4. The van der Waals surface area contributed by atoms with E-state index in [0.29, 0.717) is 0 Å². The van der Waals surface area contributed by atoms with Gasteiger partial charge in [-0.05, 0) is 0 Å². The minimum atomic E-state index is -5.70. The van der Waals surface area contributed by atoms with Gasteiger partial charge in [0.2, 0.25) is 0 Å². The van der Waals surface area contributed by atoms with Crippen molar-refractivity contribution in [1.82, 2.24) is 39.0 Å². The van der Waals surface area contributed by atoms with Crippen LogP contribution >= 0.6 is 46.9 Å². The van der Waals surface area contributed by atoms with E-state index in [1.165, 1.54) is 63.3 Å². The average Bonchev–Trinajstić information content (AvgIpc) is 2.31. The molecule has 2 aliphatic heterocycles. The first kappa shape index (κ1) is 73.5. The number of fused-ring (bicyclic) bond motifs is 2. The van der Waals surface area contributed by atoms with Gasteiger partial charge in [0.15, 0.2) is 35.4 Å². The molecule has 0 radical (unpaired) electrons. The maximum Gasteiger partial charge on any atom is 0.653 e. The first-order valence-electron chi connectivity index (χ1n) is 23.2. The first-order valence-corrected chi connectivity index (χ1v) is 32.3. The second kappa shape index (κ2) is 29.8. The van der Waals surface area contributed by atoms with Gasteiger partial charge in [0.1, 0.15) is 60.3 Å². The number of carboxylic acid groups (broad SMARTS) is 1. The predicted octanol–water partition coefficient (Wildman–Crippen LogP) is 0.0441. The zero-order chi connectivity index (χ0) is 64.4. The quantitative estimate of drug-likeness (QED) is 0.0490. The van der Waals surface area contributed by atoms with Gasteiger partial charge in [-0.3, -0.25) is 37.4 Å². The molecule has 476 valence electrons. The predicted molar refractivity (Wildman–Crippen MR) is 273 cm³/mol. The number of nitrogens with zero attached hydrogens (tertiary/aromatic N) is 8. The summed E-state index contributed by atoms with van der Waals surface area (Å²) in [6, 6.07) is 0. The number of carbonyl (C=O) groups excluding carboxylic acids is 3. The number of aromatic nitrogens is 8. The number of hydrogen-bond acceptors (Lipinski definition) is 32. The fraction of sp³-hybridized carbons (Fsp3) is 0.611. The Morgan fingerprint density at radius 3 is 1.12 bits per heavy atom. The monoisotopic (exact) mass is 1330 g/mol. The molecule has 0 bridgehead atoms. The number of rotatable bonds is 21. The highest BCUT2D eigenvalue weighted by atomic mass is 31.3. The van der Waals surface area contributed by atoms with E-state index >= 15 is 0 Å². The summed E-state index contributed by atoms with van der Waals surface area (Å²) in [6.45, 7) is 10.5. The van der Waals surface area contributed by atoms with E-state index < -0.39 is 151 Å². The van der Waals surface area contributed by atoms with Crippen molar-refractivity contribution in [2.45, 2.75) is 104 Å². The fourth-order valence-corrected chi connectivity index (χ4v) is 11.8. The third kappa shape index (κ3) is 22.2. The Labute approximate surface area is 472 Å². The highest BCUT2D eigenvalue weighted by Gasteiger charge is 2.49. The third-order valence-corrected chi connectivity index (χ3v) is 17.1. The number of phosphoric acid groups is 6. The smallest absolute Gasteiger partial charge is 0.481 e. The molecule has 0 aromatic carbocycles. The van der Waals surface area contributed by atoms with Crippen LogP contribution in [0.3, 0.4) is 0 Å². The Hall–Kier alpha value is -4.76. The number of nitrogens with two attached hydrogens (primary N) is 2. The number of carbonyl (C=O) groups is 4. The van der Waals surface area contributed by atoms with Crippen LogP contribution < -0.4 is 11.5 Å². The van der Waals surface area contributed by atoms with Crippen molar-refractivity contribution in [2.75, 3.05) is 24.7 Å². The van der Waals surface area contributed by atoms with Crippen molar-refractivity contribution in [1.29, 1.82) is 0 Å². The molecule has 6 heterocycles. The lowest BCUT2D eigenvalue weighted by Gasteiger charge is -2.19. The Bertz CT molecular complexity index is 3180. The summed E-state index contributed by atoms with van der Waals surface area (Å²) in [5, 5.41) is 48.7. The molecule has 4 aromatic heterocycles. The zero-order valence-corrected chi connectivity index (χ0v) is 50.0. The summed E-state index contributed by atoms with van der Waals surface area (Å²) in [7, 11) is -31.7. The van der Waals surface area contributed by atoms with Gasteiger partial charge in [-0.2, -0.15) is 17.5 Å². The summed E-state index contributed by atoms with van der Waals surface area (Å²) < 4.78 is 115. The molecule has 42 nitrogen and oxygen atoms in total. The number of carboxylic acids is 1. The van der Waals surface area contributed by atoms with E-state index in [2.05, 4.69) is 65.5 Å². The fourth-order valence-electron chi connectivity index (χ4n) is 5.81. The van der Waals surface area contributed by atoms with Crippen molar-refractivity contribution in [2.24, 2.45) is 23.7 Å². The molecule has 0 amide bonds. The van der Waals surface area contributed by atoms with Gasteiger partial charge in [0.05, 0.1) is 49.5 Å². The minimum absolute atomic E-state index is 0.0426. The lowest BCUT2D eigenvalue weighted by molar-refractivity contribution is -0.149. The normalized spacial score (nSPS) is 23.1. The topological polar surface area (TPSA) is 645 Å². The van der Waals surface area contributed by atoms with E-state index in [9.17, 15) is 76.8 Å². The molecule has 48 heteroatoms. The number of aliphatic carboxylic acids is 1. The highest BCUT2D eigenvalue weighted by Crippen LogP contribution is 2.66. The molecular formula is C36H60N10O32P6. The van der Waals surface area contributed by atoms with E-state index in [1.807, 2.05) is 0 Å². The maximum absolute atomic E-state index is 12.2. The molecule has 2 aliphatic rings. The lowest BCUT2D eigenvalue weighted by Crippen LogP contribution is -2.33. The van der Waals surface area contributed by atoms with Crippen molar-refractivity contribution in [3.8, 4) is 0 Å². The SMILES string of the molecule is CC(C)C(=O)O.CC(C)C(=O)OP(=O)(OC(=O)C(C)C)OC(=O)C(C)C.Nc1ncnc2c1ncn2[C@@H]1O[C@H](COP(=O)(O)OP(=O)(O)O)[C@@H](O)[C@H]1O.Nc1ncnc2c1ncn2[C@@H]1O[C@H](COP(=O)(O)OP(=O)(O)OP(=O)(O)O)[C@@H](O)[C@H]1O. The van der Waals surface area contributed by atoms with Crippen LogP contribution in [0.4, 0.5) is 11.6 Å². The first-order chi connectivity index (χ1) is 38.3. The molecule has 11 atom stereocenters. The van der Waals surface area contributed by atoms with Gasteiger partial charge < -0.3 is 94.3 Å². The van der Waals surface area contributed by atoms with Gasteiger partial charge >= 0.3 is 70.8 Å². The highest BCUT2D eigenvalue weighted by molar-refractivity contribution is 7.66. The van der Waals surface area contributed by atoms with Crippen LogP contribution in [0.2, 0.25) is 0 Å². The lowest BCUT2D eigenvalue weighted by atomic mass is 10.1. The molecule has 84 heavy (non-hydrogen) atoms. The second-order valence-electron chi connectivity index (χ2n) is 18.1. The number of anilines is 2. The molecule has 2 fully saturated rings. The standard InChI is InChI=1S/C12H21O7P.C10H16N5O13P3.C10H15N5O10P2.C4H8O2/c1-7(2)10(13)17-20(16,18-11(14)8(3)4)19-12(15)9(5)6;11-8-5-9(13-2-12-8)15(3-14-5)10-7(17)6(16)4(26-10)1-25-30(21,22)28-31(23,24)27-29(18,19)20;11-8-5-9(13-2-12-8)15(3-14-5)10-7(17)6(16)4(24-10)1-23-27(21,22)25-26(18,19)20;1-3(2)4(5)6/h7-9H,1-6H3;2-4,6-7,10,16-17H,1H2,(H,21,22)(H,23,24)(H2,11,12,13)(H2,18,19,20);2-4,6-7,10,16-17H,1H2,(H,21,22)(H2,11,12,13)(H2,18,19,20);3H,1-2H3,(H,5,6)/t;2*4-,6-,7-,10-;/m.11./s1. The zero-order valence-electron chi connectivity index (χ0n) is 44.6. The Balaban J connectivity index is 0.000000321. The van der Waals surface area contributed by atoms with Crippen LogP contribution in [0.25, 0.3) is 22.3 Å². The van der Waals surface area contributed by atoms with Gasteiger partial charge in [0.25, 0.3) is 0 Å². The van der Waals surface area contributed by atoms with E-state index in [4.69, 9.17) is 50.5 Å². The Kier molecular flexibility index (Phi) is 26.0. The second-order valence-corrected chi connectivity index (χ2v) is 26.8. The number of nitrogen functional groups attached to an aromatic ring is 2. The molecule has 4 aromatic rings. The number of ether oxygens (including phenoxy) is 2. The molecule has 0 aliphatic carbocycles. The van der Waals surface area contributed by atoms with Gasteiger partial charge in [-0.15, -0.1) is 0 Å². The van der Waals surface area contributed by atoms with Crippen molar-refractivity contribution in [3.05, 3.63) is 25.3 Å². The van der Waals surface area contributed by atoms with Crippen LogP contribution in [0.5, 0.6) is 0 Å². The summed E-state index contributed by atoms with van der Waals surface area (Å²) in [5.41, 5.74) is 12.1. The number of hydrogen-bond donors (Lipinski definition) is 14. The molecule has 6 rings (SSSR count). The summed E-state index contributed by atoms with van der Waals surface area (Å²) >= 11 is 0. The van der Waals surface area contributed by atoms with Crippen LogP contribution in [0.1, 0.15) is 67.8 Å². The number of aliphatic hydroxyl groups excluding tert-OH is 4. The Morgan fingerprint density at radius 2 is 0.821 bits per heavy atom. The van der Waals surface area contributed by atoms with E-state index in [0.717, 1.165) is 12.7 Å². The molecule has 2 saturated heterocycles. The summed E-state index contributed by atoms with van der Waals surface area (Å²) in [4.78, 5) is 129. The minimum Gasteiger partial charge on any atom is -0.481 e. The maximum atomic E-state index is 12.2. The largest absolute Gasteiger partial charge is 0.653 e. The van der Waals surface area contributed by atoms with Gasteiger partial charge in [-0.25, -0.2) is 52.7 Å². The summed E-state index contributed by atoms with van der Waals surface area (Å²) in [6.07, 6.45) is -6.89. The molecule has 0 spiro atoms. The molecule has 0 saturated carbocycles. The van der Waals surface area contributed by atoms with Crippen molar-refractivity contribution >= 4 is 105 Å². The van der Waals surface area contributed by atoms with Gasteiger partial charge in [0, 0.05) is 0 Å². The molecule has 16 N–H and O–H groups in total. The van der Waals surface area contributed by atoms with Crippen molar-refractivity contribution in [3.63, 3.8) is 0 Å². The molecule has 3 unspecified atom stereocenters. The van der Waals surface area contributed by atoms with E-state index in [1.54, 1.807) is 13.8 Å². The van der Waals surface area contributed by atoms with Crippen LogP contribution in [0.15, 0.2) is 25.3 Å². The van der Waals surface area contributed by atoms with Crippen LogP contribution in [-0.4, -0.2) is 173 Å². The average molecular weight is 1330 g/mol. The molecular weight excluding hydrogens is 1270 g/mol. The van der Waals surface area contributed by atoms with Crippen LogP contribution in [-0.2, 0) is 91.6 Å². The van der Waals surface area contributed by atoms with Crippen LogP contribution in [0, 0.1) is 23.7 Å². The van der Waals surface area contributed by atoms with Gasteiger partial charge in [-0.1, -0.05) is 55.4 Å². The Morgan fingerprint density at radius 1 is 0.512 bits per heavy atom. The summed E-state index contributed by atoms with van der Waals surface area (Å²) in [5.74, 6) is -5.34. The number of imidazole rings is 2. The van der Waals surface area contributed by atoms with E-state index in [-0.39, 0.29) is 39.9 Å². The van der Waals surface area contributed by atoms with Crippen molar-refractivity contribution < 1.29 is 151 Å².